The smallest absolute Gasteiger partial charge is 0.0708 e. The number of nitrogens with zero attached hydrogens (tertiary/aromatic N) is 1. The molecule has 0 bridgehead atoms. The summed E-state index contributed by atoms with van der Waals surface area (Å²) in [5.74, 6) is 0. The highest BCUT2D eigenvalue weighted by molar-refractivity contribution is 5.95. The van der Waals surface area contributed by atoms with Crippen molar-refractivity contribution in [2.24, 2.45) is 0 Å². The van der Waals surface area contributed by atoms with E-state index in [-0.39, 0.29) is 0 Å². The first kappa shape index (κ1) is 11.0. The normalized spacial score (nSPS) is 10.8. The van der Waals surface area contributed by atoms with Gasteiger partial charge in [0, 0.05) is 11.6 Å². The van der Waals surface area contributed by atoms with Crippen LogP contribution < -0.4 is 0 Å². The molecule has 1 heteroatoms. The zero-order valence-corrected chi connectivity index (χ0v) is 10.6. The Morgan fingerprint density at radius 1 is 0.833 bits per heavy atom. The molecule has 0 N–H and O–H groups in total. The van der Waals surface area contributed by atoms with E-state index in [1.807, 2.05) is 6.20 Å². The summed E-state index contributed by atoms with van der Waals surface area (Å²) in [5.41, 5.74) is 6.18. The average Bonchev–Trinajstić information content (AvgIpc) is 2.39. The Morgan fingerprint density at radius 2 is 1.67 bits per heavy atom. The molecule has 3 rings (SSSR count). The van der Waals surface area contributed by atoms with Crippen LogP contribution in [0.15, 0.2) is 54.7 Å². The van der Waals surface area contributed by atoms with Gasteiger partial charge in [-0.15, -0.1) is 0 Å². The highest BCUT2D eigenvalue weighted by Crippen LogP contribution is 2.30. The number of hydrogen-bond acceptors (Lipinski definition) is 1. The fraction of sp³-hybridized carbons (Fsp3) is 0.118. The molecule has 0 aliphatic rings. The minimum Gasteiger partial charge on any atom is -0.256 e. The summed E-state index contributed by atoms with van der Waals surface area (Å²) in [5, 5.41) is 1.23. The Labute approximate surface area is 107 Å². The summed E-state index contributed by atoms with van der Waals surface area (Å²) >= 11 is 0. The topological polar surface area (TPSA) is 12.9 Å². The van der Waals surface area contributed by atoms with Crippen molar-refractivity contribution in [3.05, 3.63) is 65.9 Å². The first-order valence-electron chi connectivity index (χ1n) is 6.17. The first-order chi connectivity index (χ1) is 8.75. The minimum absolute atomic E-state index is 1.06. The molecule has 1 nitrogen and oxygen atoms in total. The van der Waals surface area contributed by atoms with Crippen LogP contribution in [0.5, 0.6) is 0 Å². The third-order valence-electron chi connectivity index (χ3n) is 3.33. The maximum atomic E-state index is 4.44. The number of hydrogen-bond donors (Lipinski definition) is 0. The van der Waals surface area contributed by atoms with Crippen LogP contribution in [-0.2, 0) is 0 Å². The van der Waals surface area contributed by atoms with Crippen LogP contribution in [0, 0.1) is 13.8 Å². The lowest BCUT2D eigenvalue weighted by Gasteiger charge is -2.09. The van der Waals surface area contributed by atoms with Crippen LogP contribution in [0.3, 0.4) is 0 Å². The maximum Gasteiger partial charge on any atom is 0.0708 e. The van der Waals surface area contributed by atoms with Crippen molar-refractivity contribution in [3.63, 3.8) is 0 Å². The number of aromatic nitrogens is 1. The van der Waals surface area contributed by atoms with E-state index in [1.54, 1.807) is 0 Å². The predicted octanol–water partition coefficient (Wildman–Crippen LogP) is 4.52. The molecule has 0 unspecified atom stereocenters. The van der Waals surface area contributed by atoms with Crippen LogP contribution in [0.25, 0.3) is 22.0 Å². The van der Waals surface area contributed by atoms with E-state index in [1.165, 1.54) is 27.6 Å². The van der Waals surface area contributed by atoms with E-state index in [4.69, 9.17) is 0 Å². The van der Waals surface area contributed by atoms with Gasteiger partial charge in [0.25, 0.3) is 0 Å². The molecule has 0 amide bonds. The fourth-order valence-corrected chi connectivity index (χ4v) is 2.37. The van der Waals surface area contributed by atoms with E-state index in [2.05, 4.69) is 67.4 Å². The van der Waals surface area contributed by atoms with Crippen LogP contribution in [0.2, 0.25) is 0 Å². The molecule has 2 aromatic carbocycles. The van der Waals surface area contributed by atoms with Gasteiger partial charge in [-0.1, -0.05) is 35.9 Å². The van der Waals surface area contributed by atoms with Crippen molar-refractivity contribution in [2.45, 2.75) is 13.8 Å². The van der Waals surface area contributed by atoms with Gasteiger partial charge < -0.3 is 0 Å². The summed E-state index contributed by atoms with van der Waals surface area (Å²) in [7, 11) is 0. The number of benzene rings is 2. The predicted molar refractivity (Wildman–Crippen MR) is 76.7 cm³/mol. The molecular formula is C17H15N. The highest BCUT2D eigenvalue weighted by atomic mass is 14.6. The van der Waals surface area contributed by atoms with Crippen LogP contribution >= 0.6 is 0 Å². The van der Waals surface area contributed by atoms with Crippen LogP contribution in [0.4, 0.5) is 0 Å². The third kappa shape index (κ3) is 1.78. The minimum atomic E-state index is 1.06. The summed E-state index contributed by atoms with van der Waals surface area (Å²) in [6.45, 7) is 4.27. The number of rotatable bonds is 1. The summed E-state index contributed by atoms with van der Waals surface area (Å²) < 4.78 is 0. The monoisotopic (exact) mass is 233 g/mol. The van der Waals surface area contributed by atoms with Gasteiger partial charge in [-0.05, 0) is 48.7 Å². The molecule has 0 saturated heterocycles. The van der Waals surface area contributed by atoms with Gasteiger partial charge in [0.05, 0.1) is 5.52 Å². The van der Waals surface area contributed by atoms with Gasteiger partial charge in [0.1, 0.15) is 0 Å². The van der Waals surface area contributed by atoms with E-state index in [0.29, 0.717) is 0 Å². The van der Waals surface area contributed by atoms with Gasteiger partial charge in [-0.2, -0.15) is 0 Å². The van der Waals surface area contributed by atoms with Gasteiger partial charge >= 0.3 is 0 Å². The van der Waals surface area contributed by atoms with E-state index < -0.39 is 0 Å². The molecule has 3 aromatic rings. The molecular weight excluding hydrogens is 218 g/mol. The second-order valence-electron chi connectivity index (χ2n) is 4.69. The Morgan fingerprint density at radius 3 is 2.50 bits per heavy atom. The van der Waals surface area contributed by atoms with Gasteiger partial charge in [-0.25, -0.2) is 0 Å². The van der Waals surface area contributed by atoms with Crippen LogP contribution in [-0.4, -0.2) is 4.98 Å². The third-order valence-corrected chi connectivity index (χ3v) is 3.33. The lowest BCUT2D eigenvalue weighted by atomic mass is 9.97. The zero-order chi connectivity index (χ0) is 12.5. The summed E-state index contributed by atoms with van der Waals surface area (Å²) in [4.78, 5) is 4.44. The summed E-state index contributed by atoms with van der Waals surface area (Å²) in [6, 6.07) is 17.0. The Balaban J connectivity index is 2.36. The van der Waals surface area contributed by atoms with Crippen molar-refractivity contribution in [3.8, 4) is 11.1 Å². The standard InChI is InChI=1S/C17H15N/c1-12-7-8-17-16(11-12)15(9-10-18-17)14-6-4-3-5-13(14)2/h3-11H,1-2H3. The SMILES string of the molecule is Cc1ccc2nccc(-c3ccccc3C)c2c1. The van der Waals surface area contributed by atoms with E-state index in [0.717, 1.165) is 5.52 Å². The molecule has 88 valence electrons. The van der Waals surface area contributed by atoms with Crippen LogP contribution in [0.1, 0.15) is 11.1 Å². The molecule has 0 radical (unpaired) electrons. The number of fused-ring (bicyclic) bond motifs is 1. The fourth-order valence-electron chi connectivity index (χ4n) is 2.37. The number of pyridine rings is 1. The average molecular weight is 233 g/mol. The Bertz CT molecular complexity index is 714. The Kier molecular flexibility index (Phi) is 2.60. The Hall–Kier alpha value is -2.15. The molecule has 1 heterocycles. The zero-order valence-electron chi connectivity index (χ0n) is 10.6. The molecule has 0 saturated carbocycles. The molecule has 0 aliphatic carbocycles. The highest BCUT2D eigenvalue weighted by Gasteiger charge is 2.06. The van der Waals surface area contributed by atoms with Crippen molar-refractivity contribution in [1.29, 1.82) is 0 Å². The van der Waals surface area contributed by atoms with Gasteiger partial charge in [0.15, 0.2) is 0 Å². The van der Waals surface area contributed by atoms with Crippen molar-refractivity contribution < 1.29 is 0 Å². The molecule has 0 spiro atoms. The van der Waals surface area contributed by atoms with Crippen molar-refractivity contribution in [1.82, 2.24) is 4.98 Å². The molecule has 0 atom stereocenters. The lowest BCUT2D eigenvalue weighted by Crippen LogP contribution is -1.87. The lowest BCUT2D eigenvalue weighted by molar-refractivity contribution is 1.38. The molecule has 18 heavy (non-hydrogen) atoms. The molecule has 0 fully saturated rings. The largest absolute Gasteiger partial charge is 0.256 e. The van der Waals surface area contributed by atoms with Crippen molar-refractivity contribution >= 4 is 10.9 Å². The number of aryl methyl sites for hydroxylation is 2. The quantitative estimate of drug-likeness (QED) is 0.602. The molecule has 1 aromatic heterocycles. The first-order valence-corrected chi connectivity index (χ1v) is 6.17. The molecule has 0 aliphatic heterocycles. The summed E-state index contributed by atoms with van der Waals surface area (Å²) in [6.07, 6.45) is 1.89. The van der Waals surface area contributed by atoms with E-state index >= 15 is 0 Å². The van der Waals surface area contributed by atoms with E-state index in [9.17, 15) is 0 Å². The second-order valence-corrected chi connectivity index (χ2v) is 4.69. The van der Waals surface area contributed by atoms with Crippen molar-refractivity contribution in [2.75, 3.05) is 0 Å². The van der Waals surface area contributed by atoms with Gasteiger partial charge in [0.2, 0.25) is 0 Å². The second kappa shape index (κ2) is 4.26. The maximum absolute atomic E-state index is 4.44. The van der Waals surface area contributed by atoms with Gasteiger partial charge in [-0.3, -0.25) is 4.98 Å².